The van der Waals surface area contributed by atoms with E-state index in [1.807, 2.05) is 6.07 Å². The van der Waals surface area contributed by atoms with Crippen molar-refractivity contribution >= 4 is 51.7 Å². The summed E-state index contributed by atoms with van der Waals surface area (Å²) in [7, 11) is 0. The number of thioether (sulfide) groups is 1. The molecule has 8 heteroatoms. The molecule has 1 aliphatic rings. The third-order valence-electron chi connectivity index (χ3n) is 4.82. The first-order valence-electron chi connectivity index (χ1n) is 10.2. The van der Waals surface area contributed by atoms with Crippen LogP contribution in [-0.2, 0) is 4.79 Å². The maximum atomic E-state index is 13.1. The van der Waals surface area contributed by atoms with Crippen LogP contribution in [0.15, 0.2) is 46.8 Å². The number of thiocarbonyl (C=S) groups is 1. The molecule has 1 amide bonds. The predicted molar refractivity (Wildman–Crippen MR) is 129 cm³/mol. The van der Waals surface area contributed by atoms with E-state index in [-0.39, 0.29) is 11.5 Å². The van der Waals surface area contributed by atoms with E-state index in [2.05, 4.69) is 23.8 Å². The zero-order valence-corrected chi connectivity index (χ0v) is 18.7. The first-order chi connectivity index (χ1) is 14.6. The van der Waals surface area contributed by atoms with Crippen LogP contribution in [0.1, 0.15) is 44.6 Å². The second-order valence-corrected chi connectivity index (χ2v) is 8.70. The zero-order chi connectivity index (χ0) is 21.5. The number of anilines is 1. The maximum absolute atomic E-state index is 13.1. The summed E-state index contributed by atoms with van der Waals surface area (Å²) < 4.78 is 2.01. The molecule has 2 aromatic heterocycles. The molecule has 1 saturated heterocycles. The lowest BCUT2D eigenvalue weighted by molar-refractivity contribution is -0.122. The summed E-state index contributed by atoms with van der Waals surface area (Å²) in [5, 5.41) is 3.11. The van der Waals surface area contributed by atoms with Crippen LogP contribution in [0.25, 0.3) is 11.7 Å². The van der Waals surface area contributed by atoms with Crippen molar-refractivity contribution in [1.29, 1.82) is 0 Å². The van der Waals surface area contributed by atoms with Crippen LogP contribution in [0.4, 0.5) is 5.82 Å². The van der Waals surface area contributed by atoms with Crippen LogP contribution < -0.4 is 10.9 Å². The van der Waals surface area contributed by atoms with Gasteiger partial charge in [-0.3, -0.25) is 18.9 Å². The fourth-order valence-electron chi connectivity index (χ4n) is 3.23. The Bertz CT molecular complexity index is 1050. The summed E-state index contributed by atoms with van der Waals surface area (Å²) in [6, 6.07) is 5.36. The molecule has 0 bridgehead atoms. The second kappa shape index (κ2) is 10.5. The Kier molecular flexibility index (Phi) is 7.81. The Morgan fingerprint density at radius 1 is 1.23 bits per heavy atom. The van der Waals surface area contributed by atoms with Gasteiger partial charge in [0.05, 0.1) is 10.5 Å². The van der Waals surface area contributed by atoms with E-state index in [4.69, 9.17) is 12.2 Å². The third kappa shape index (κ3) is 4.99. The molecule has 6 nitrogen and oxygen atoms in total. The number of nitrogens with one attached hydrogen (secondary N) is 1. The van der Waals surface area contributed by atoms with Crippen molar-refractivity contribution in [2.75, 3.05) is 18.4 Å². The van der Waals surface area contributed by atoms with Crippen molar-refractivity contribution in [2.45, 2.75) is 39.0 Å². The number of unbranched alkanes of at least 4 members (excludes halogenated alkanes) is 4. The number of aromatic nitrogens is 2. The molecule has 30 heavy (non-hydrogen) atoms. The van der Waals surface area contributed by atoms with Gasteiger partial charge < -0.3 is 5.32 Å². The normalized spacial score (nSPS) is 15.4. The minimum Gasteiger partial charge on any atom is -0.366 e. The quantitative estimate of drug-likeness (QED) is 0.254. The Morgan fingerprint density at radius 3 is 2.80 bits per heavy atom. The van der Waals surface area contributed by atoms with E-state index in [1.54, 1.807) is 35.4 Å². The summed E-state index contributed by atoms with van der Waals surface area (Å²) in [6.07, 6.45) is 10.5. The number of nitrogens with zero attached hydrogens (tertiary/aromatic N) is 3. The Labute approximate surface area is 186 Å². The van der Waals surface area contributed by atoms with Gasteiger partial charge in [0.1, 0.15) is 15.8 Å². The lowest BCUT2D eigenvalue weighted by Gasteiger charge is -2.14. The highest BCUT2D eigenvalue weighted by Gasteiger charge is 2.32. The smallest absolute Gasteiger partial charge is 0.267 e. The standard InChI is InChI=1S/C22H26N4O2S2/c1-3-5-6-7-9-14-26-21(28)17(30-22(26)29)15-16-19(23-12-4-2)24-18-11-8-10-13-25(18)20(16)27/h4,8,10-11,13,15,23H,2-3,5-7,9,12,14H2,1H3/b17-15-. The number of carbonyl (C=O) groups excluding carboxylic acids is 1. The minimum atomic E-state index is -0.239. The lowest BCUT2D eigenvalue weighted by Crippen LogP contribution is -2.29. The van der Waals surface area contributed by atoms with E-state index in [9.17, 15) is 9.59 Å². The Hall–Kier alpha value is -2.45. The number of amides is 1. The molecule has 0 aromatic carbocycles. The molecule has 0 saturated carbocycles. The average molecular weight is 443 g/mol. The molecule has 1 aliphatic heterocycles. The van der Waals surface area contributed by atoms with Gasteiger partial charge in [0, 0.05) is 19.3 Å². The molecule has 0 unspecified atom stereocenters. The number of hydrogen-bond acceptors (Lipinski definition) is 6. The van der Waals surface area contributed by atoms with Gasteiger partial charge in [-0.15, -0.1) is 6.58 Å². The molecular formula is C22H26N4O2S2. The number of pyridine rings is 1. The highest BCUT2D eigenvalue weighted by molar-refractivity contribution is 8.26. The van der Waals surface area contributed by atoms with E-state index in [0.29, 0.717) is 39.3 Å². The van der Waals surface area contributed by atoms with Gasteiger partial charge in [-0.2, -0.15) is 0 Å². The van der Waals surface area contributed by atoms with Crippen LogP contribution in [0, 0.1) is 0 Å². The fraction of sp³-hybridized carbons (Fsp3) is 0.364. The van der Waals surface area contributed by atoms with E-state index >= 15 is 0 Å². The van der Waals surface area contributed by atoms with Gasteiger partial charge in [-0.1, -0.05) is 68.7 Å². The Morgan fingerprint density at radius 2 is 2.03 bits per heavy atom. The lowest BCUT2D eigenvalue weighted by atomic mass is 10.1. The molecular weight excluding hydrogens is 416 g/mol. The van der Waals surface area contributed by atoms with Crippen molar-refractivity contribution in [3.05, 3.63) is 57.9 Å². The molecule has 3 heterocycles. The average Bonchev–Trinajstić information content (AvgIpc) is 3.01. The van der Waals surface area contributed by atoms with Gasteiger partial charge in [0.15, 0.2) is 0 Å². The first-order valence-corrected chi connectivity index (χ1v) is 11.4. The van der Waals surface area contributed by atoms with Crippen molar-refractivity contribution in [2.24, 2.45) is 0 Å². The van der Waals surface area contributed by atoms with E-state index in [1.165, 1.54) is 35.4 Å². The zero-order valence-electron chi connectivity index (χ0n) is 17.1. The number of carbonyl (C=O) groups is 1. The molecule has 0 aliphatic carbocycles. The van der Waals surface area contributed by atoms with Crippen LogP contribution in [0.2, 0.25) is 0 Å². The van der Waals surface area contributed by atoms with E-state index < -0.39 is 0 Å². The second-order valence-electron chi connectivity index (χ2n) is 7.03. The summed E-state index contributed by atoms with van der Waals surface area (Å²) in [6.45, 7) is 6.94. The SMILES string of the molecule is C=CCNc1nc2ccccn2c(=O)c1/C=C1\SC(=S)N(CCCCCCC)C1=O. The molecule has 2 aromatic rings. The molecule has 3 rings (SSSR count). The summed E-state index contributed by atoms with van der Waals surface area (Å²) in [5.74, 6) is 0.281. The number of rotatable bonds is 10. The molecule has 0 radical (unpaired) electrons. The highest BCUT2D eigenvalue weighted by atomic mass is 32.2. The Balaban J connectivity index is 1.89. The summed E-state index contributed by atoms with van der Waals surface area (Å²) in [5.41, 5.74) is 0.631. The molecule has 0 spiro atoms. The molecule has 1 N–H and O–H groups in total. The monoisotopic (exact) mass is 442 g/mol. The van der Waals surface area contributed by atoms with Gasteiger partial charge in [-0.05, 0) is 24.6 Å². The third-order valence-corrected chi connectivity index (χ3v) is 6.19. The van der Waals surface area contributed by atoms with Gasteiger partial charge in [0.2, 0.25) is 0 Å². The molecule has 0 atom stereocenters. The topological polar surface area (TPSA) is 66.7 Å². The largest absolute Gasteiger partial charge is 0.366 e. The summed E-state index contributed by atoms with van der Waals surface area (Å²) >= 11 is 6.66. The van der Waals surface area contributed by atoms with Crippen molar-refractivity contribution in [3.8, 4) is 0 Å². The predicted octanol–water partition coefficient (Wildman–Crippen LogP) is 4.46. The van der Waals surface area contributed by atoms with Crippen LogP contribution >= 0.6 is 24.0 Å². The van der Waals surface area contributed by atoms with Crippen molar-refractivity contribution in [3.63, 3.8) is 0 Å². The number of hydrogen-bond donors (Lipinski definition) is 1. The van der Waals surface area contributed by atoms with Crippen LogP contribution in [0.3, 0.4) is 0 Å². The number of fused-ring (bicyclic) bond motifs is 1. The van der Waals surface area contributed by atoms with Crippen LogP contribution in [0.5, 0.6) is 0 Å². The molecule has 1 fully saturated rings. The highest BCUT2D eigenvalue weighted by Crippen LogP contribution is 2.33. The minimum absolute atomic E-state index is 0.146. The van der Waals surface area contributed by atoms with Gasteiger partial charge in [-0.25, -0.2) is 4.98 Å². The van der Waals surface area contributed by atoms with Crippen molar-refractivity contribution in [1.82, 2.24) is 14.3 Å². The van der Waals surface area contributed by atoms with Gasteiger partial charge >= 0.3 is 0 Å². The van der Waals surface area contributed by atoms with Crippen molar-refractivity contribution < 1.29 is 4.79 Å². The fourth-order valence-corrected chi connectivity index (χ4v) is 4.52. The first kappa shape index (κ1) is 22.2. The van der Waals surface area contributed by atoms with Crippen LogP contribution in [-0.4, -0.2) is 37.6 Å². The molecule has 158 valence electrons. The van der Waals surface area contributed by atoms with E-state index in [0.717, 1.165) is 12.8 Å². The maximum Gasteiger partial charge on any atom is 0.267 e. The van der Waals surface area contributed by atoms with Gasteiger partial charge in [0.25, 0.3) is 11.5 Å². The summed E-state index contributed by atoms with van der Waals surface area (Å²) in [4.78, 5) is 32.6.